The molecule has 0 aliphatic heterocycles. The van der Waals surface area contributed by atoms with Gasteiger partial charge in [-0.05, 0) is 31.5 Å². The predicted octanol–water partition coefficient (Wildman–Crippen LogP) is 0.585. The van der Waals surface area contributed by atoms with E-state index in [0.29, 0.717) is 5.92 Å². The first kappa shape index (κ1) is 9.14. The van der Waals surface area contributed by atoms with Crippen molar-refractivity contribution in [3.8, 4) is 0 Å². The van der Waals surface area contributed by atoms with E-state index in [1.54, 1.807) is 0 Å². The van der Waals surface area contributed by atoms with E-state index >= 15 is 0 Å². The van der Waals surface area contributed by atoms with Gasteiger partial charge in [0.2, 0.25) is 9.04 Å². The van der Waals surface area contributed by atoms with Crippen molar-refractivity contribution in [2.45, 2.75) is 25.9 Å². The van der Waals surface area contributed by atoms with E-state index in [1.807, 2.05) is 6.55 Å². The molecular weight excluding hydrogens is 130 g/mol. The second-order valence-electron chi connectivity index (χ2n) is 2.61. The Hall–Kier alpha value is 0.137. The number of hydrogen-bond acceptors (Lipinski definition) is 2. The lowest BCUT2D eigenvalue weighted by molar-refractivity contribution is 0.531. The molecule has 0 spiro atoms. The van der Waals surface area contributed by atoms with Gasteiger partial charge in [0.25, 0.3) is 0 Å². The molecule has 0 fully saturated rings. The molecule has 0 amide bonds. The smallest absolute Gasteiger partial charge is 0.203 e. The van der Waals surface area contributed by atoms with Crippen LogP contribution in [-0.2, 0) is 0 Å². The molecule has 0 saturated carbocycles. The van der Waals surface area contributed by atoms with Gasteiger partial charge in [0.1, 0.15) is 0 Å². The third kappa shape index (κ3) is 6.02. The summed E-state index contributed by atoms with van der Waals surface area (Å²) in [5, 5.41) is 0. The largest absolute Gasteiger partial charge is 0.432 e. The average molecular weight is 146 g/mol. The Kier molecular flexibility index (Phi) is 5.04. The zero-order valence-electron chi connectivity index (χ0n) is 6.22. The van der Waals surface area contributed by atoms with Gasteiger partial charge < -0.3 is 10.5 Å². The Morgan fingerprint density at radius 3 is 2.56 bits per heavy atom. The molecule has 9 heavy (non-hydrogen) atoms. The SMILES string of the molecule is CC(CN)CC[Si](C)O. The van der Waals surface area contributed by atoms with Crippen LogP contribution >= 0.6 is 0 Å². The molecule has 0 heterocycles. The Labute approximate surface area is 58.8 Å². The molecule has 3 heteroatoms. The molecule has 1 atom stereocenters. The van der Waals surface area contributed by atoms with Crippen LogP contribution < -0.4 is 5.73 Å². The highest BCUT2D eigenvalue weighted by Gasteiger charge is 2.03. The molecule has 0 aromatic rings. The summed E-state index contributed by atoms with van der Waals surface area (Å²) in [5.74, 6) is 0.581. The van der Waals surface area contributed by atoms with Gasteiger partial charge in [-0.25, -0.2) is 0 Å². The molecule has 3 N–H and O–H groups in total. The molecule has 0 saturated heterocycles. The van der Waals surface area contributed by atoms with Gasteiger partial charge in [0, 0.05) is 0 Å². The van der Waals surface area contributed by atoms with Crippen LogP contribution in [0, 0.1) is 5.92 Å². The maximum Gasteiger partial charge on any atom is 0.203 e. The lowest BCUT2D eigenvalue weighted by Gasteiger charge is -2.06. The van der Waals surface area contributed by atoms with Gasteiger partial charge in [-0.1, -0.05) is 6.92 Å². The summed E-state index contributed by atoms with van der Waals surface area (Å²) in [6.07, 6.45) is 1.08. The van der Waals surface area contributed by atoms with E-state index in [2.05, 4.69) is 6.92 Å². The third-order valence-corrected chi connectivity index (χ3v) is 2.41. The maximum absolute atomic E-state index is 8.96. The molecule has 55 valence electrons. The van der Waals surface area contributed by atoms with E-state index in [0.717, 1.165) is 19.0 Å². The van der Waals surface area contributed by atoms with Gasteiger partial charge in [0.15, 0.2) is 0 Å². The Morgan fingerprint density at radius 1 is 1.67 bits per heavy atom. The lowest BCUT2D eigenvalue weighted by atomic mass is 10.1. The zero-order chi connectivity index (χ0) is 7.28. The topological polar surface area (TPSA) is 46.2 Å². The molecule has 1 unspecified atom stereocenters. The number of rotatable bonds is 4. The summed E-state index contributed by atoms with van der Waals surface area (Å²) in [5.41, 5.74) is 5.39. The maximum atomic E-state index is 8.96. The molecule has 0 aliphatic carbocycles. The first-order chi connectivity index (χ1) is 4.16. The highest BCUT2D eigenvalue weighted by Crippen LogP contribution is 2.04. The fraction of sp³-hybridized carbons (Fsp3) is 1.00. The van der Waals surface area contributed by atoms with Gasteiger partial charge in [-0.3, -0.25) is 0 Å². The van der Waals surface area contributed by atoms with Gasteiger partial charge >= 0.3 is 0 Å². The molecule has 2 nitrogen and oxygen atoms in total. The second-order valence-corrected chi connectivity index (χ2v) is 4.59. The van der Waals surface area contributed by atoms with Crippen LogP contribution in [0.15, 0.2) is 0 Å². The summed E-state index contributed by atoms with van der Waals surface area (Å²) >= 11 is 0. The van der Waals surface area contributed by atoms with E-state index in [-0.39, 0.29) is 0 Å². The molecular formula is C6H16NOSi. The summed E-state index contributed by atoms with van der Waals surface area (Å²) in [6, 6.07) is 0.975. The normalized spacial score (nSPS) is 14.3. The first-order valence-electron chi connectivity index (χ1n) is 3.38. The lowest BCUT2D eigenvalue weighted by Crippen LogP contribution is -2.14. The number of nitrogens with two attached hydrogens (primary N) is 1. The van der Waals surface area contributed by atoms with Crippen LogP contribution in [0.25, 0.3) is 0 Å². The summed E-state index contributed by atoms with van der Waals surface area (Å²) in [6.45, 7) is 4.77. The zero-order valence-corrected chi connectivity index (χ0v) is 7.22. The van der Waals surface area contributed by atoms with Crippen molar-refractivity contribution in [1.29, 1.82) is 0 Å². The van der Waals surface area contributed by atoms with Gasteiger partial charge in [-0.15, -0.1) is 0 Å². The van der Waals surface area contributed by atoms with E-state index < -0.39 is 9.04 Å². The van der Waals surface area contributed by atoms with E-state index in [4.69, 9.17) is 10.5 Å². The van der Waals surface area contributed by atoms with Crippen LogP contribution in [0.1, 0.15) is 13.3 Å². The fourth-order valence-corrected chi connectivity index (χ4v) is 1.48. The van der Waals surface area contributed by atoms with Crippen molar-refractivity contribution in [3.63, 3.8) is 0 Å². The molecule has 1 radical (unpaired) electrons. The molecule has 0 rings (SSSR count). The minimum absolute atomic E-state index is 0.581. The summed E-state index contributed by atoms with van der Waals surface area (Å²) in [7, 11) is -0.995. The second kappa shape index (κ2) is 4.96. The monoisotopic (exact) mass is 146 g/mol. The van der Waals surface area contributed by atoms with Gasteiger partial charge in [-0.2, -0.15) is 0 Å². The van der Waals surface area contributed by atoms with Crippen molar-refractivity contribution in [2.75, 3.05) is 6.54 Å². The van der Waals surface area contributed by atoms with Gasteiger partial charge in [0.05, 0.1) is 0 Å². The van der Waals surface area contributed by atoms with Crippen LogP contribution in [0.5, 0.6) is 0 Å². The minimum atomic E-state index is -0.995. The van der Waals surface area contributed by atoms with Crippen LogP contribution in [0.2, 0.25) is 12.6 Å². The Bertz CT molecular complexity index is 68.1. The predicted molar refractivity (Wildman–Crippen MR) is 41.5 cm³/mol. The Morgan fingerprint density at radius 2 is 2.22 bits per heavy atom. The van der Waals surface area contributed by atoms with Crippen molar-refractivity contribution >= 4 is 9.04 Å². The van der Waals surface area contributed by atoms with Crippen LogP contribution in [-0.4, -0.2) is 20.4 Å². The number of hydrogen-bond donors (Lipinski definition) is 2. The fourth-order valence-electron chi connectivity index (χ4n) is 0.573. The molecule has 0 bridgehead atoms. The highest BCUT2D eigenvalue weighted by molar-refractivity contribution is 6.48. The standard InChI is InChI=1S/C6H16NOSi/c1-6(5-7)3-4-9(2)8/h6,8H,3-5,7H2,1-2H3. The average Bonchev–Trinajstić information content (AvgIpc) is 1.83. The first-order valence-corrected chi connectivity index (χ1v) is 5.53. The molecule has 0 aromatic carbocycles. The highest BCUT2D eigenvalue weighted by atomic mass is 28.3. The van der Waals surface area contributed by atoms with Crippen molar-refractivity contribution < 1.29 is 4.80 Å². The Balaban J connectivity index is 3.06. The summed E-state index contributed by atoms with van der Waals surface area (Å²) in [4.78, 5) is 8.96. The molecule has 0 aliphatic rings. The quantitative estimate of drug-likeness (QED) is 0.570. The molecule has 0 aromatic heterocycles. The van der Waals surface area contributed by atoms with E-state index in [1.165, 1.54) is 0 Å². The van der Waals surface area contributed by atoms with Crippen molar-refractivity contribution in [1.82, 2.24) is 0 Å². The third-order valence-electron chi connectivity index (χ3n) is 1.40. The van der Waals surface area contributed by atoms with Crippen LogP contribution in [0.3, 0.4) is 0 Å². The minimum Gasteiger partial charge on any atom is -0.432 e. The summed E-state index contributed by atoms with van der Waals surface area (Å²) < 4.78 is 0. The van der Waals surface area contributed by atoms with Crippen molar-refractivity contribution in [2.24, 2.45) is 11.7 Å². The van der Waals surface area contributed by atoms with E-state index in [9.17, 15) is 0 Å². The van der Waals surface area contributed by atoms with Crippen molar-refractivity contribution in [3.05, 3.63) is 0 Å². The van der Waals surface area contributed by atoms with Crippen LogP contribution in [0.4, 0.5) is 0 Å².